The highest BCUT2D eigenvalue weighted by Crippen LogP contribution is 2.27. The summed E-state index contributed by atoms with van der Waals surface area (Å²) in [6.45, 7) is 4.36. The van der Waals surface area contributed by atoms with Crippen molar-refractivity contribution in [2.24, 2.45) is 5.92 Å². The van der Waals surface area contributed by atoms with E-state index >= 15 is 0 Å². The lowest BCUT2D eigenvalue weighted by Gasteiger charge is -2.17. The summed E-state index contributed by atoms with van der Waals surface area (Å²) >= 11 is 3.46. The van der Waals surface area contributed by atoms with Gasteiger partial charge in [0.15, 0.2) is 0 Å². The lowest BCUT2D eigenvalue weighted by Crippen LogP contribution is -2.25. The molecule has 1 N–H and O–H groups in total. The van der Waals surface area contributed by atoms with Crippen LogP contribution in [0.1, 0.15) is 20.3 Å². The van der Waals surface area contributed by atoms with Crippen LogP contribution in [-0.4, -0.2) is 23.2 Å². The highest BCUT2D eigenvalue weighted by molar-refractivity contribution is 9.09. The maximum absolute atomic E-state index is 11.8. The van der Waals surface area contributed by atoms with E-state index in [9.17, 15) is 9.59 Å². The number of hydrogen-bond acceptors (Lipinski definition) is 2. The molecule has 1 aliphatic heterocycles. The average molecular weight is 325 g/mol. The number of nitrogens with zero attached hydrogens (tertiary/aromatic N) is 1. The molecule has 2 rings (SSSR count). The number of rotatable bonds is 3. The van der Waals surface area contributed by atoms with Crippen LogP contribution in [0.3, 0.4) is 0 Å². The molecule has 0 bridgehead atoms. The maximum Gasteiger partial charge on any atom is 0.228 e. The van der Waals surface area contributed by atoms with Gasteiger partial charge in [-0.15, -0.1) is 0 Å². The van der Waals surface area contributed by atoms with Gasteiger partial charge in [-0.1, -0.05) is 35.8 Å². The van der Waals surface area contributed by atoms with Crippen LogP contribution >= 0.6 is 15.9 Å². The van der Waals surface area contributed by atoms with E-state index in [1.54, 1.807) is 4.90 Å². The lowest BCUT2D eigenvalue weighted by atomic mass is 10.2. The molecule has 5 heteroatoms. The normalized spacial score (nSPS) is 19.1. The molecule has 0 saturated carbocycles. The van der Waals surface area contributed by atoms with Crippen molar-refractivity contribution < 1.29 is 9.59 Å². The minimum absolute atomic E-state index is 0.0248. The van der Waals surface area contributed by atoms with Gasteiger partial charge in [0, 0.05) is 35.1 Å². The molecule has 1 aliphatic rings. The highest BCUT2D eigenvalue weighted by atomic mass is 79.9. The molecule has 1 unspecified atom stereocenters. The second-order valence-electron chi connectivity index (χ2n) is 5.00. The van der Waals surface area contributed by atoms with Gasteiger partial charge in [-0.3, -0.25) is 9.59 Å². The van der Waals surface area contributed by atoms with Crippen LogP contribution in [0, 0.1) is 5.92 Å². The smallest absolute Gasteiger partial charge is 0.228 e. The second kappa shape index (κ2) is 5.74. The Hall–Kier alpha value is -1.36. The van der Waals surface area contributed by atoms with E-state index in [4.69, 9.17) is 0 Å². The molecule has 1 saturated heterocycles. The van der Waals surface area contributed by atoms with Crippen molar-refractivity contribution in [1.82, 2.24) is 0 Å². The Labute approximate surface area is 121 Å². The number of carbonyl (C=O) groups excluding carboxylic acids is 2. The third kappa shape index (κ3) is 3.35. The summed E-state index contributed by atoms with van der Waals surface area (Å²) in [5, 5.41) is 2.84. The number of nitrogens with one attached hydrogen (secondary N) is 1. The lowest BCUT2D eigenvalue weighted by molar-refractivity contribution is -0.119. The third-order valence-corrected chi connectivity index (χ3v) is 3.64. The number of benzene rings is 1. The molecule has 0 spiro atoms. The number of halogens is 1. The molecular formula is C14H17BrN2O2. The molecule has 0 radical (unpaired) electrons. The molecule has 19 heavy (non-hydrogen) atoms. The molecule has 1 aromatic rings. The van der Waals surface area contributed by atoms with Crippen LogP contribution < -0.4 is 10.2 Å². The second-order valence-corrected chi connectivity index (χ2v) is 6.29. The molecule has 2 amide bonds. The number of amides is 2. The summed E-state index contributed by atoms with van der Waals surface area (Å²) in [4.78, 5) is 25.4. The fraction of sp³-hybridized carbons (Fsp3) is 0.429. The van der Waals surface area contributed by atoms with Crippen molar-refractivity contribution in [3.05, 3.63) is 24.3 Å². The topological polar surface area (TPSA) is 49.4 Å². The minimum atomic E-state index is -0.0657. The number of carbonyl (C=O) groups is 2. The van der Waals surface area contributed by atoms with Crippen LogP contribution in [0.15, 0.2) is 24.3 Å². The summed E-state index contributed by atoms with van der Waals surface area (Å²) in [7, 11) is 0. The van der Waals surface area contributed by atoms with Gasteiger partial charge in [-0.05, 0) is 18.2 Å². The van der Waals surface area contributed by atoms with Gasteiger partial charge in [-0.25, -0.2) is 0 Å². The summed E-state index contributed by atoms with van der Waals surface area (Å²) in [6.07, 6.45) is 0.516. The summed E-state index contributed by atoms with van der Waals surface area (Å²) in [5.41, 5.74) is 1.55. The molecule has 1 aromatic carbocycles. The zero-order chi connectivity index (χ0) is 14.0. The molecule has 0 aromatic heterocycles. The van der Waals surface area contributed by atoms with E-state index in [0.29, 0.717) is 13.0 Å². The SMILES string of the molecule is CC(C)C(=O)Nc1cccc(N2CC(Br)CC2=O)c1. The Morgan fingerprint density at radius 3 is 2.79 bits per heavy atom. The number of alkyl halides is 1. The van der Waals surface area contributed by atoms with Crippen LogP contribution in [-0.2, 0) is 9.59 Å². The van der Waals surface area contributed by atoms with Gasteiger partial charge in [0.05, 0.1) is 0 Å². The molecule has 0 aliphatic carbocycles. The van der Waals surface area contributed by atoms with E-state index in [2.05, 4.69) is 21.2 Å². The first-order valence-electron chi connectivity index (χ1n) is 6.32. The minimum Gasteiger partial charge on any atom is -0.326 e. The molecule has 1 atom stereocenters. The predicted octanol–water partition coefficient (Wildman–Crippen LogP) is 2.78. The predicted molar refractivity (Wildman–Crippen MR) is 79.6 cm³/mol. The average Bonchev–Trinajstić information content (AvgIpc) is 2.68. The molecule has 1 fully saturated rings. The Morgan fingerprint density at radius 1 is 1.47 bits per heavy atom. The summed E-state index contributed by atoms with van der Waals surface area (Å²) < 4.78 is 0. The first-order valence-corrected chi connectivity index (χ1v) is 7.24. The van der Waals surface area contributed by atoms with Gasteiger partial charge >= 0.3 is 0 Å². The van der Waals surface area contributed by atoms with E-state index in [1.807, 2.05) is 38.1 Å². The Bertz CT molecular complexity index is 502. The largest absolute Gasteiger partial charge is 0.326 e. The Morgan fingerprint density at radius 2 is 2.21 bits per heavy atom. The van der Waals surface area contributed by atoms with Crippen molar-refractivity contribution in [2.75, 3.05) is 16.8 Å². The number of hydrogen-bond donors (Lipinski definition) is 1. The van der Waals surface area contributed by atoms with Crippen molar-refractivity contribution in [1.29, 1.82) is 0 Å². The fourth-order valence-electron chi connectivity index (χ4n) is 1.95. The van der Waals surface area contributed by atoms with Gasteiger partial charge in [-0.2, -0.15) is 0 Å². The van der Waals surface area contributed by atoms with E-state index in [0.717, 1.165) is 11.4 Å². The van der Waals surface area contributed by atoms with E-state index in [-0.39, 0.29) is 22.6 Å². The van der Waals surface area contributed by atoms with Gasteiger partial charge in [0.1, 0.15) is 0 Å². The quantitative estimate of drug-likeness (QED) is 0.869. The zero-order valence-corrected chi connectivity index (χ0v) is 12.6. The van der Waals surface area contributed by atoms with Crippen molar-refractivity contribution in [3.63, 3.8) is 0 Å². The fourth-order valence-corrected chi connectivity index (χ4v) is 2.52. The first-order chi connectivity index (χ1) is 8.97. The Balaban J connectivity index is 2.15. The highest BCUT2D eigenvalue weighted by Gasteiger charge is 2.28. The molecule has 1 heterocycles. The standard InChI is InChI=1S/C14H17BrN2O2/c1-9(2)14(19)16-11-4-3-5-12(7-11)17-8-10(15)6-13(17)18/h3-5,7,9-10H,6,8H2,1-2H3,(H,16,19). The van der Waals surface area contributed by atoms with E-state index in [1.165, 1.54) is 0 Å². The number of anilines is 2. The van der Waals surface area contributed by atoms with Crippen LogP contribution in [0.4, 0.5) is 11.4 Å². The van der Waals surface area contributed by atoms with Crippen LogP contribution in [0.2, 0.25) is 0 Å². The zero-order valence-electron chi connectivity index (χ0n) is 11.0. The van der Waals surface area contributed by atoms with Gasteiger partial charge in [0.25, 0.3) is 0 Å². The summed E-state index contributed by atoms with van der Waals surface area (Å²) in [5.74, 6) is 0.0153. The van der Waals surface area contributed by atoms with Gasteiger partial charge < -0.3 is 10.2 Å². The van der Waals surface area contributed by atoms with Gasteiger partial charge in [0.2, 0.25) is 11.8 Å². The van der Waals surface area contributed by atoms with Crippen LogP contribution in [0.25, 0.3) is 0 Å². The monoisotopic (exact) mass is 324 g/mol. The van der Waals surface area contributed by atoms with Crippen molar-refractivity contribution in [3.8, 4) is 0 Å². The van der Waals surface area contributed by atoms with E-state index < -0.39 is 0 Å². The first kappa shape index (κ1) is 14.1. The molecular weight excluding hydrogens is 308 g/mol. The molecule has 4 nitrogen and oxygen atoms in total. The summed E-state index contributed by atoms with van der Waals surface area (Å²) in [6, 6.07) is 7.40. The van der Waals surface area contributed by atoms with Crippen molar-refractivity contribution in [2.45, 2.75) is 25.1 Å². The maximum atomic E-state index is 11.8. The Kier molecular flexibility index (Phi) is 4.24. The molecule has 102 valence electrons. The van der Waals surface area contributed by atoms with Crippen molar-refractivity contribution >= 4 is 39.1 Å². The van der Waals surface area contributed by atoms with Crippen LogP contribution in [0.5, 0.6) is 0 Å². The third-order valence-electron chi connectivity index (χ3n) is 3.03.